The van der Waals surface area contributed by atoms with Gasteiger partial charge >= 0.3 is 0 Å². The zero-order valence-electron chi connectivity index (χ0n) is 8.85. The van der Waals surface area contributed by atoms with Crippen LogP contribution >= 0.6 is 0 Å². The molecule has 0 aromatic carbocycles. The summed E-state index contributed by atoms with van der Waals surface area (Å²) in [5.41, 5.74) is 6.50. The lowest BCUT2D eigenvalue weighted by Gasteiger charge is -2.32. The molecule has 0 aromatic heterocycles. The third kappa shape index (κ3) is 2.76. The highest BCUT2D eigenvalue weighted by molar-refractivity contribution is 4.99. The van der Waals surface area contributed by atoms with Gasteiger partial charge in [0.1, 0.15) is 0 Å². The standard InChI is InChI=1S/C10H22N2/c1-9(2,3)12(4)8-7-10(11)5-6-10/h5-8,11H2,1-4H3. The largest absolute Gasteiger partial charge is 0.325 e. The van der Waals surface area contributed by atoms with Gasteiger partial charge < -0.3 is 10.6 Å². The molecule has 2 N–H and O–H groups in total. The van der Waals surface area contributed by atoms with E-state index in [-0.39, 0.29) is 11.1 Å². The maximum absolute atomic E-state index is 6.01. The SMILES string of the molecule is CN(CCC1(N)CC1)C(C)(C)C. The first-order chi connectivity index (χ1) is 5.33. The lowest BCUT2D eigenvalue weighted by atomic mass is 10.1. The molecule has 12 heavy (non-hydrogen) atoms. The lowest BCUT2D eigenvalue weighted by molar-refractivity contribution is 0.168. The van der Waals surface area contributed by atoms with Gasteiger partial charge in [0.25, 0.3) is 0 Å². The van der Waals surface area contributed by atoms with Crippen LogP contribution in [0.2, 0.25) is 0 Å². The van der Waals surface area contributed by atoms with Crippen molar-refractivity contribution in [1.29, 1.82) is 0 Å². The fourth-order valence-electron chi connectivity index (χ4n) is 1.14. The highest BCUT2D eigenvalue weighted by Gasteiger charge is 2.38. The van der Waals surface area contributed by atoms with Crippen LogP contribution in [-0.4, -0.2) is 29.6 Å². The van der Waals surface area contributed by atoms with Crippen molar-refractivity contribution in [3.05, 3.63) is 0 Å². The Morgan fingerprint density at radius 3 is 2.17 bits per heavy atom. The predicted octanol–water partition coefficient (Wildman–Crippen LogP) is 1.60. The minimum Gasteiger partial charge on any atom is -0.325 e. The van der Waals surface area contributed by atoms with Gasteiger partial charge in [0.05, 0.1) is 0 Å². The first kappa shape index (κ1) is 10.0. The van der Waals surface area contributed by atoms with Crippen molar-refractivity contribution < 1.29 is 0 Å². The van der Waals surface area contributed by atoms with Crippen molar-refractivity contribution in [3.63, 3.8) is 0 Å². The number of nitrogens with zero attached hydrogens (tertiary/aromatic N) is 1. The molecule has 0 bridgehead atoms. The normalized spacial score (nSPS) is 21.5. The van der Waals surface area contributed by atoms with Crippen molar-refractivity contribution >= 4 is 0 Å². The molecule has 0 heterocycles. The van der Waals surface area contributed by atoms with Gasteiger partial charge in [0.2, 0.25) is 0 Å². The van der Waals surface area contributed by atoms with Crippen LogP contribution in [0.4, 0.5) is 0 Å². The second kappa shape index (κ2) is 3.00. The van der Waals surface area contributed by atoms with Crippen molar-refractivity contribution in [2.45, 2.75) is 51.1 Å². The molecule has 72 valence electrons. The average Bonchev–Trinajstić information content (AvgIpc) is 2.62. The van der Waals surface area contributed by atoms with Crippen molar-refractivity contribution in [3.8, 4) is 0 Å². The topological polar surface area (TPSA) is 29.3 Å². The summed E-state index contributed by atoms with van der Waals surface area (Å²) in [7, 11) is 2.17. The van der Waals surface area contributed by atoms with Crippen LogP contribution in [0.3, 0.4) is 0 Å². The molecular formula is C10H22N2. The number of rotatable bonds is 3. The summed E-state index contributed by atoms with van der Waals surface area (Å²) in [6.07, 6.45) is 3.61. The van der Waals surface area contributed by atoms with Gasteiger partial charge in [-0.3, -0.25) is 0 Å². The monoisotopic (exact) mass is 170 g/mol. The second-order valence-corrected chi connectivity index (χ2v) is 5.20. The predicted molar refractivity (Wildman–Crippen MR) is 53.2 cm³/mol. The quantitative estimate of drug-likeness (QED) is 0.697. The van der Waals surface area contributed by atoms with Crippen LogP contribution in [-0.2, 0) is 0 Å². The second-order valence-electron chi connectivity index (χ2n) is 5.20. The highest BCUT2D eigenvalue weighted by Crippen LogP contribution is 2.35. The zero-order valence-corrected chi connectivity index (χ0v) is 8.85. The van der Waals surface area contributed by atoms with Crippen LogP contribution in [0, 0.1) is 0 Å². The zero-order chi connectivity index (χ0) is 9.41. The van der Waals surface area contributed by atoms with Gasteiger partial charge in [0, 0.05) is 17.6 Å². The molecule has 1 fully saturated rings. The van der Waals surface area contributed by atoms with E-state index in [1.165, 1.54) is 12.8 Å². The summed E-state index contributed by atoms with van der Waals surface area (Å²) in [5, 5.41) is 0. The summed E-state index contributed by atoms with van der Waals surface area (Å²) in [6.45, 7) is 7.84. The first-order valence-electron chi connectivity index (χ1n) is 4.84. The fraction of sp³-hybridized carbons (Fsp3) is 1.00. The molecule has 0 unspecified atom stereocenters. The van der Waals surface area contributed by atoms with Crippen LogP contribution < -0.4 is 5.73 Å². The number of hydrogen-bond donors (Lipinski definition) is 1. The summed E-state index contributed by atoms with van der Waals surface area (Å²) in [4.78, 5) is 2.37. The van der Waals surface area contributed by atoms with Crippen molar-refractivity contribution in [1.82, 2.24) is 4.90 Å². The van der Waals surface area contributed by atoms with Gasteiger partial charge in [-0.2, -0.15) is 0 Å². The Morgan fingerprint density at radius 1 is 1.33 bits per heavy atom. The van der Waals surface area contributed by atoms with Crippen LogP contribution in [0.25, 0.3) is 0 Å². The molecule has 1 saturated carbocycles. The molecule has 1 rings (SSSR count). The van der Waals surface area contributed by atoms with E-state index in [0.717, 1.165) is 13.0 Å². The molecule has 0 atom stereocenters. The molecule has 0 aliphatic heterocycles. The Kier molecular flexibility index (Phi) is 2.50. The third-order valence-corrected chi connectivity index (χ3v) is 2.98. The van der Waals surface area contributed by atoms with Crippen LogP contribution in [0.15, 0.2) is 0 Å². The highest BCUT2D eigenvalue weighted by atomic mass is 15.2. The summed E-state index contributed by atoms with van der Waals surface area (Å²) < 4.78 is 0. The summed E-state index contributed by atoms with van der Waals surface area (Å²) in [6, 6.07) is 0. The minimum atomic E-state index is 0.208. The van der Waals surface area contributed by atoms with E-state index in [1.807, 2.05) is 0 Å². The van der Waals surface area contributed by atoms with Gasteiger partial charge in [-0.25, -0.2) is 0 Å². The van der Waals surface area contributed by atoms with E-state index in [0.29, 0.717) is 0 Å². The molecule has 0 saturated heterocycles. The van der Waals surface area contributed by atoms with Gasteiger partial charge in [-0.05, 0) is 47.1 Å². The molecule has 2 heteroatoms. The molecule has 1 aliphatic carbocycles. The van der Waals surface area contributed by atoms with E-state index in [1.54, 1.807) is 0 Å². The maximum atomic E-state index is 6.01. The third-order valence-electron chi connectivity index (χ3n) is 2.98. The smallest absolute Gasteiger partial charge is 0.0167 e. The lowest BCUT2D eigenvalue weighted by Crippen LogP contribution is -2.41. The van der Waals surface area contributed by atoms with E-state index in [9.17, 15) is 0 Å². The summed E-state index contributed by atoms with van der Waals surface area (Å²) >= 11 is 0. The van der Waals surface area contributed by atoms with E-state index >= 15 is 0 Å². The van der Waals surface area contributed by atoms with E-state index < -0.39 is 0 Å². The van der Waals surface area contributed by atoms with Crippen LogP contribution in [0.1, 0.15) is 40.0 Å². The van der Waals surface area contributed by atoms with Gasteiger partial charge in [-0.1, -0.05) is 0 Å². The Hall–Kier alpha value is -0.0800. The fourth-order valence-corrected chi connectivity index (χ4v) is 1.14. The number of hydrogen-bond acceptors (Lipinski definition) is 2. The molecule has 0 aromatic rings. The van der Waals surface area contributed by atoms with Gasteiger partial charge in [0.15, 0.2) is 0 Å². The Morgan fingerprint density at radius 2 is 1.83 bits per heavy atom. The Bertz CT molecular complexity index is 154. The molecule has 0 spiro atoms. The maximum Gasteiger partial charge on any atom is 0.0167 e. The molecule has 2 nitrogen and oxygen atoms in total. The van der Waals surface area contributed by atoms with Gasteiger partial charge in [-0.15, -0.1) is 0 Å². The first-order valence-corrected chi connectivity index (χ1v) is 4.84. The Labute approximate surface area is 76.1 Å². The molecule has 0 radical (unpaired) electrons. The molecular weight excluding hydrogens is 148 g/mol. The van der Waals surface area contributed by atoms with Crippen molar-refractivity contribution in [2.75, 3.05) is 13.6 Å². The Balaban J connectivity index is 2.23. The number of nitrogens with two attached hydrogens (primary N) is 1. The summed E-state index contributed by atoms with van der Waals surface area (Å²) in [5.74, 6) is 0. The van der Waals surface area contributed by atoms with E-state index in [4.69, 9.17) is 5.73 Å². The minimum absolute atomic E-state index is 0.208. The average molecular weight is 170 g/mol. The van der Waals surface area contributed by atoms with Crippen molar-refractivity contribution in [2.24, 2.45) is 5.73 Å². The molecule has 0 amide bonds. The molecule has 1 aliphatic rings. The van der Waals surface area contributed by atoms with Crippen LogP contribution in [0.5, 0.6) is 0 Å². The van der Waals surface area contributed by atoms with E-state index in [2.05, 4.69) is 32.7 Å².